The average molecular weight is 276 g/mol. The minimum atomic E-state index is 0.139. The van der Waals surface area contributed by atoms with E-state index in [1.165, 1.54) is 0 Å². The number of thiazole rings is 1. The smallest absolute Gasteiger partial charge is 0.120 e. The second kappa shape index (κ2) is 6.17. The van der Waals surface area contributed by atoms with Crippen molar-refractivity contribution in [2.45, 2.75) is 33.2 Å². The van der Waals surface area contributed by atoms with E-state index in [1.807, 2.05) is 26.0 Å². The van der Waals surface area contributed by atoms with E-state index in [-0.39, 0.29) is 6.04 Å². The lowest BCUT2D eigenvalue weighted by atomic mass is 10.0. The Morgan fingerprint density at radius 1 is 1.37 bits per heavy atom. The number of hydrogen-bond donors (Lipinski definition) is 2. The van der Waals surface area contributed by atoms with Gasteiger partial charge in [-0.1, -0.05) is 12.1 Å². The van der Waals surface area contributed by atoms with Crippen LogP contribution in [-0.2, 0) is 6.42 Å². The highest BCUT2D eigenvalue weighted by molar-refractivity contribution is 7.09. The zero-order valence-corrected chi connectivity index (χ0v) is 12.4. The summed E-state index contributed by atoms with van der Waals surface area (Å²) in [5, 5.41) is 16.6. The van der Waals surface area contributed by atoms with Crippen LogP contribution in [0.25, 0.3) is 0 Å². The second-order valence-corrected chi connectivity index (χ2v) is 5.91. The van der Waals surface area contributed by atoms with Gasteiger partial charge in [0.25, 0.3) is 0 Å². The predicted molar refractivity (Wildman–Crippen MR) is 79.8 cm³/mol. The lowest BCUT2D eigenvalue weighted by Gasteiger charge is -2.15. The van der Waals surface area contributed by atoms with E-state index in [9.17, 15) is 5.11 Å². The van der Waals surface area contributed by atoms with E-state index in [4.69, 9.17) is 0 Å². The number of aryl methyl sites for hydroxylation is 2. The first-order valence-corrected chi connectivity index (χ1v) is 7.38. The molecular weight excluding hydrogens is 256 g/mol. The molecule has 0 fully saturated rings. The molecule has 0 saturated heterocycles. The van der Waals surface area contributed by atoms with Crippen LogP contribution in [0.1, 0.15) is 34.8 Å². The summed E-state index contributed by atoms with van der Waals surface area (Å²) in [6, 6.07) is 5.95. The van der Waals surface area contributed by atoms with E-state index in [2.05, 4.69) is 22.6 Å². The molecule has 3 nitrogen and oxygen atoms in total. The standard InChI is InChI=1S/C15H20N2OS/c1-10-4-5-14(15(18)8-10)11(2)16-7-6-13-9-19-12(3)17-13/h4-5,8-9,11,16,18H,6-7H2,1-3H3. The van der Waals surface area contributed by atoms with Gasteiger partial charge in [-0.15, -0.1) is 11.3 Å². The minimum Gasteiger partial charge on any atom is -0.508 e. The minimum absolute atomic E-state index is 0.139. The number of hydrogen-bond acceptors (Lipinski definition) is 4. The van der Waals surface area contributed by atoms with Crippen molar-refractivity contribution in [1.29, 1.82) is 0 Å². The highest BCUT2D eigenvalue weighted by Gasteiger charge is 2.09. The lowest BCUT2D eigenvalue weighted by Crippen LogP contribution is -2.21. The summed E-state index contributed by atoms with van der Waals surface area (Å²) in [4.78, 5) is 4.44. The molecule has 0 aliphatic carbocycles. The maximum Gasteiger partial charge on any atom is 0.120 e. The number of nitrogens with zero attached hydrogens (tertiary/aromatic N) is 1. The molecule has 1 aromatic heterocycles. The first-order chi connectivity index (χ1) is 9.06. The van der Waals surface area contributed by atoms with E-state index in [0.29, 0.717) is 5.75 Å². The highest BCUT2D eigenvalue weighted by atomic mass is 32.1. The molecule has 1 aromatic carbocycles. The number of benzene rings is 1. The molecule has 1 heterocycles. The highest BCUT2D eigenvalue weighted by Crippen LogP contribution is 2.24. The van der Waals surface area contributed by atoms with Crippen molar-refractivity contribution in [2.24, 2.45) is 0 Å². The molecule has 19 heavy (non-hydrogen) atoms. The van der Waals surface area contributed by atoms with Gasteiger partial charge in [-0.2, -0.15) is 0 Å². The molecule has 0 amide bonds. The number of nitrogens with one attached hydrogen (secondary N) is 1. The summed E-state index contributed by atoms with van der Waals surface area (Å²) in [5.41, 5.74) is 3.15. The largest absolute Gasteiger partial charge is 0.508 e. The molecule has 0 bridgehead atoms. The van der Waals surface area contributed by atoms with Crippen molar-refractivity contribution in [3.05, 3.63) is 45.4 Å². The van der Waals surface area contributed by atoms with Gasteiger partial charge >= 0.3 is 0 Å². The van der Waals surface area contributed by atoms with Gasteiger partial charge in [-0.25, -0.2) is 4.98 Å². The van der Waals surface area contributed by atoms with Gasteiger partial charge in [0.15, 0.2) is 0 Å². The maximum absolute atomic E-state index is 9.93. The van der Waals surface area contributed by atoms with E-state index >= 15 is 0 Å². The van der Waals surface area contributed by atoms with Gasteiger partial charge in [0.1, 0.15) is 5.75 Å². The summed E-state index contributed by atoms with van der Waals surface area (Å²) < 4.78 is 0. The summed E-state index contributed by atoms with van der Waals surface area (Å²) in [7, 11) is 0. The van der Waals surface area contributed by atoms with Crippen molar-refractivity contribution >= 4 is 11.3 Å². The van der Waals surface area contributed by atoms with Crippen LogP contribution < -0.4 is 5.32 Å². The van der Waals surface area contributed by atoms with Crippen LogP contribution in [0.2, 0.25) is 0 Å². The van der Waals surface area contributed by atoms with Crippen LogP contribution in [0.3, 0.4) is 0 Å². The normalized spacial score (nSPS) is 12.6. The first-order valence-electron chi connectivity index (χ1n) is 6.50. The molecule has 102 valence electrons. The molecule has 4 heteroatoms. The monoisotopic (exact) mass is 276 g/mol. The van der Waals surface area contributed by atoms with E-state index in [1.54, 1.807) is 17.4 Å². The van der Waals surface area contributed by atoms with Crippen LogP contribution >= 0.6 is 11.3 Å². The molecule has 0 radical (unpaired) electrons. The van der Waals surface area contributed by atoms with Crippen molar-refractivity contribution in [3.8, 4) is 5.75 Å². The first kappa shape index (κ1) is 14.0. The Hall–Kier alpha value is -1.39. The second-order valence-electron chi connectivity index (χ2n) is 4.85. The number of phenols is 1. The van der Waals surface area contributed by atoms with Gasteiger partial charge in [0, 0.05) is 30.0 Å². The van der Waals surface area contributed by atoms with Gasteiger partial charge in [-0.05, 0) is 32.4 Å². The summed E-state index contributed by atoms with van der Waals surface area (Å²) >= 11 is 1.68. The van der Waals surface area contributed by atoms with E-state index in [0.717, 1.165) is 34.8 Å². The van der Waals surface area contributed by atoms with Crippen molar-refractivity contribution < 1.29 is 5.11 Å². The Balaban J connectivity index is 1.88. The number of rotatable bonds is 5. The fourth-order valence-corrected chi connectivity index (χ4v) is 2.72. The zero-order chi connectivity index (χ0) is 13.8. The van der Waals surface area contributed by atoms with Gasteiger partial charge in [-0.3, -0.25) is 0 Å². The number of aromatic hydroxyl groups is 1. The third kappa shape index (κ3) is 3.78. The Kier molecular flexibility index (Phi) is 4.56. The Bertz CT molecular complexity index is 551. The molecule has 0 spiro atoms. The van der Waals surface area contributed by atoms with Crippen molar-refractivity contribution in [3.63, 3.8) is 0 Å². The molecule has 1 unspecified atom stereocenters. The summed E-state index contributed by atoms with van der Waals surface area (Å²) in [6.07, 6.45) is 0.918. The molecule has 2 rings (SSSR count). The zero-order valence-electron chi connectivity index (χ0n) is 11.6. The Labute approximate surface area is 118 Å². The number of phenolic OH excluding ortho intramolecular Hbond substituents is 1. The molecule has 0 saturated carbocycles. The molecule has 2 N–H and O–H groups in total. The van der Waals surface area contributed by atoms with Gasteiger partial charge in [0.05, 0.1) is 10.7 Å². The van der Waals surface area contributed by atoms with Crippen molar-refractivity contribution in [2.75, 3.05) is 6.54 Å². The van der Waals surface area contributed by atoms with Crippen LogP contribution in [-0.4, -0.2) is 16.6 Å². The summed E-state index contributed by atoms with van der Waals surface area (Å²) in [6.45, 7) is 6.93. The SMILES string of the molecule is Cc1ccc(C(C)NCCc2csc(C)n2)c(O)c1. The average Bonchev–Trinajstić information content (AvgIpc) is 2.75. The molecule has 1 atom stereocenters. The fourth-order valence-electron chi connectivity index (χ4n) is 2.07. The molecule has 0 aliphatic rings. The van der Waals surface area contributed by atoms with Crippen LogP contribution in [0.15, 0.2) is 23.6 Å². The quantitative estimate of drug-likeness (QED) is 0.880. The third-order valence-corrected chi connectivity index (χ3v) is 3.97. The predicted octanol–water partition coefficient (Wildman–Crippen LogP) is 3.36. The number of aromatic nitrogens is 1. The summed E-state index contributed by atoms with van der Waals surface area (Å²) in [5.74, 6) is 0.365. The van der Waals surface area contributed by atoms with Crippen LogP contribution in [0.4, 0.5) is 0 Å². The lowest BCUT2D eigenvalue weighted by molar-refractivity contribution is 0.452. The Morgan fingerprint density at radius 2 is 2.16 bits per heavy atom. The van der Waals surface area contributed by atoms with E-state index < -0.39 is 0 Å². The third-order valence-electron chi connectivity index (χ3n) is 3.15. The molecule has 0 aliphatic heterocycles. The van der Waals surface area contributed by atoms with Crippen molar-refractivity contribution in [1.82, 2.24) is 10.3 Å². The topological polar surface area (TPSA) is 45.2 Å². The van der Waals surface area contributed by atoms with Crippen LogP contribution in [0, 0.1) is 13.8 Å². The molecular formula is C15H20N2OS. The maximum atomic E-state index is 9.93. The van der Waals surface area contributed by atoms with Crippen LogP contribution in [0.5, 0.6) is 5.75 Å². The Morgan fingerprint density at radius 3 is 2.79 bits per heavy atom. The fraction of sp³-hybridized carbons (Fsp3) is 0.400. The van der Waals surface area contributed by atoms with Gasteiger partial charge < -0.3 is 10.4 Å². The van der Waals surface area contributed by atoms with Gasteiger partial charge in [0.2, 0.25) is 0 Å². The molecule has 2 aromatic rings.